The number of fused-ring (bicyclic) bond motifs is 4. The lowest BCUT2D eigenvalue weighted by Crippen LogP contribution is -2.47. The van der Waals surface area contributed by atoms with Crippen molar-refractivity contribution in [2.75, 3.05) is 80.7 Å². The molecule has 0 N–H and O–H groups in total. The minimum atomic E-state index is -4.20. The molecule has 17 nitrogen and oxygen atoms in total. The van der Waals surface area contributed by atoms with Gasteiger partial charge in [0.2, 0.25) is 37.4 Å². The fourth-order valence-corrected chi connectivity index (χ4v) is 11.0. The van der Waals surface area contributed by atoms with Gasteiger partial charge < -0.3 is 28.1 Å². The number of sulfonamides is 2. The van der Waals surface area contributed by atoms with Gasteiger partial charge in [0.25, 0.3) is 0 Å². The number of nitrogens with zero attached hydrogens (tertiary/aromatic N) is 4. The normalized spacial score (nSPS) is 18.1. The zero-order chi connectivity index (χ0) is 42.8. The molecule has 2 aliphatic heterocycles. The highest BCUT2D eigenvalue weighted by molar-refractivity contribution is 7.89. The number of hydrogen-bond donors (Lipinski definition) is 0. The quantitative estimate of drug-likeness (QED) is 0.159. The predicted octanol–water partition coefficient (Wildman–Crippen LogP) is 2.65. The summed E-state index contributed by atoms with van der Waals surface area (Å²) in [5, 5.41) is 0. The van der Waals surface area contributed by atoms with E-state index >= 15 is 0 Å². The fraction of sp³-hybridized carbons (Fsp3) is 0.375. The SMILES string of the molecule is CC(=O)c1oc2c(c1S(=O)(=O)N1CCN(C)CC1)C(=O)c1ccccc1C2=O.COC(C)(OC)c1oc2c(c1S(=O)(=O)N1CCN(C)CC1)C(=O)c1ccccc1C2=O. The van der Waals surface area contributed by atoms with Crippen molar-refractivity contribution < 1.29 is 59.1 Å². The lowest BCUT2D eigenvalue weighted by Gasteiger charge is -2.32. The molecule has 8 rings (SSSR count). The van der Waals surface area contributed by atoms with Gasteiger partial charge in [0.05, 0.1) is 11.1 Å². The zero-order valence-electron chi connectivity index (χ0n) is 33.2. The van der Waals surface area contributed by atoms with E-state index in [4.69, 9.17) is 18.3 Å². The third-order valence-electron chi connectivity index (χ3n) is 11.1. The smallest absolute Gasteiger partial charge is 0.247 e. The number of benzene rings is 2. The van der Waals surface area contributed by atoms with Gasteiger partial charge >= 0.3 is 0 Å². The van der Waals surface area contributed by atoms with Gasteiger partial charge in [-0.2, -0.15) is 8.61 Å². The molecule has 0 radical (unpaired) electrons. The number of likely N-dealkylation sites (N-methyl/N-ethyl adjacent to an activating group) is 2. The number of carbonyl (C=O) groups is 5. The van der Waals surface area contributed by atoms with E-state index < -0.39 is 65.4 Å². The molecule has 312 valence electrons. The van der Waals surface area contributed by atoms with Gasteiger partial charge in [-0.25, -0.2) is 16.8 Å². The lowest BCUT2D eigenvalue weighted by atomic mass is 9.88. The first kappa shape index (κ1) is 42.1. The molecule has 0 unspecified atom stereocenters. The van der Waals surface area contributed by atoms with Crippen LogP contribution in [0.1, 0.15) is 94.2 Å². The van der Waals surface area contributed by atoms with Crippen LogP contribution in [0, 0.1) is 0 Å². The van der Waals surface area contributed by atoms with Crippen LogP contribution >= 0.6 is 0 Å². The maximum Gasteiger partial charge on any atom is 0.247 e. The number of rotatable bonds is 8. The van der Waals surface area contributed by atoms with E-state index in [2.05, 4.69) is 0 Å². The Hall–Kier alpha value is -4.99. The van der Waals surface area contributed by atoms with E-state index in [-0.39, 0.29) is 81.7 Å². The van der Waals surface area contributed by atoms with Gasteiger partial charge in [-0.1, -0.05) is 48.5 Å². The molecule has 0 bridgehead atoms. The van der Waals surface area contributed by atoms with Crippen LogP contribution in [-0.2, 0) is 35.3 Å². The Morgan fingerprint density at radius 2 is 0.949 bits per heavy atom. The molecule has 0 saturated carbocycles. The average molecular weight is 851 g/mol. The highest BCUT2D eigenvalue weighted by Crippen LogP contribution is 2.43. The van der Waals surface area contributed by atoms with Crippen molar-refractivity contribution >= 4 is 49.0 Å². The minimum absolute atomic E-state index is 0.103. The molecule has 2 aromatic heterocycles. The van der Waals surface area contributed by atoms with Gasteiger partial charge in [0.15, 0.2) is 40.4 Å². The first-order chi connectivity index (χ1) is 27.9. The molecule has 2 aliphatic carbocycles. The molecule has 0 atom stereocenters. The number of piperazine rings is 2. The Labute approximate surface area is 340 Å². The maximum absolute atomic E-state index is 13.8. The molecule has 19 heteroatoms. The number of Topliss-reactive ketones (excluding diaryl/α,β-unsaturated/α-hetero) is 1. The van der Waals surface area contributed by atoms with Gasteiger partial charge in [-0.15, -0.1) is 0 Å². The number of carbonyl (C=O) groups excluding carboxylic acids is 5. The molecule has 4 aliphatic rings. The van der Waals surface area contributed by atoms with Crippen LogP contribution in [-0.4, -0.2) is 145 Å². The third kappa shape index (κ3) is 6.94. The zero-order valence-corrected chi connectivity index (χ0v) is 34.8. The molecule has 2 saturated heterocycles. The van der Waals surface area contributed by atoms with E-state index in [1.54, 1.807) is 24.3 Å². The van der Waals surface area contributed by atoms with Crippen molar-refractivity contribution in [1.82, 2.24) is 18.4 Å². The largest absolute Gasteiger partial charge is 0.450 e. The summed E-state index contributed by atoms with van der Waals surface area (Å²) in [7, 11) is -1.95. The van der Waals surface area contributed by atoms with Crippen LogP contribution < -0.4 is 0 Å². The van der Waals surface area contributed by atoms with E-state index in [9.17, 15) is 40.8 Å². The third-order valence-corrected chi connectivity index (χ3v) is 15.0. The van der Waals surface area contributed by atoms with Crippen molar-refractivity contribution in [3.05, 3.63) is 105 Å². The Kier molecular flexibility index (Phi) is 11.1. The summed E-state index contributed by atoms with van der Waals surface area (Å²) in [4.78, 5) is 67.7. The Morgan fingerprint density at radius 3 is 1.34 bits per heavy atom. The molecule has 2 aromatic carbocycles. The van der Waals surface area contributed by atoms with E-state index in [1.807, 2.05) is 23.9 Å². The first-order valence-corrected chi connectivity index (χ1v) is 21.5. The second-order valence-electron chi connectivity index (χ2n) is 14.7. The van der Waals surface area contributed by atoms with Gasteiger partial charge in [0.1, 0.15) is 9.79 Å². The van der Waals surface area contributed by atoms with E-state index in [1.165, 1.54) is 54.0 Å². The summed E-state index contributed by atoms with van der Waals surface area (Å²) in [6.07, 6.45) is 0. The fourth-order valence-electron chi connectivity index (χ4n) is 7.44. The van der Waals surface area contributed by atoms with Gasteiger partial charge in [-0.3, -0.25) is 24.0 Å². The molecular weight excluding hydrogens is 809 g/mol. The van der Waals surface area contributed by atoms with Crippen LogP contribution in [0.2, 0.25) is 0 Å². The van der Waals surface area contributed by atoms with Gasteiger partial charge in [-0.05, 0) is 21.0 Å². The topological polar surface area (TPSA) is 211 Å². The van der Waals surface area contributed by atoms with Crippen molar-refractivity contribution in [2.24, 2.45) is 0 Å². The number of furan rings is 2. The van der Waals surface area contributed by atoms with Crippen LogP contribution in [0.5, 0.6) is 0 Å². The highest BCUT2D eigenvalue weighted by Gasteiger charge is 2.49. The summed E-state index contributed by atoms with van der Waals surface area (Å²) in [6, 6.07) is 12.4. The number of ether oxygens (including phenoxy) is 2. The minimum Gasteiger partial charge on any atom is -0.450 e. The highest BCUT2D eigenvalue weighted by atomic mass is 32.2. The molecule has 4 heterocycles. The molecule has 59 heavy (non-hydrogen) atoms. The first-order valence-electron chi connectivity index (χ1n) is 18.6. The van der Waals surface area contributed by atoms with E-state index in [0.717, 1.165) is 6.92 Å². The van der Waals surface area contributed by atoms with Crippen molar-refractivity contribution in [3.8, 4) is 0 Å². The van der Waals surface area contributed by atoms with Crippen LogP contribution in [0.4, 0.5) is 0 Å². The van der Waals surface area contributed by atoms with Crippen molar-refractivity contribution in [1.29, 1.82) is 0 Å². The summed E-state index contributed by atoms with van der Waals surface area (Å²) in [6.45, 7) is 5.66. The van der Waals surface area contributed by atoms with Crippen LogP contribution in [0.15, 0.2) is 67.2 Å². The number of methoxy groups -OCH3 is 2. The Morgan fingerprint density at radius 1 is 0.593 bits per heavy atom. The van der Waals surface area contributed by atoms with Crippen LogP contribution in [0.3, 0.4) is 0 Å². The van der Waals surface area contributed by atoms with E-state index in [0.29, 0.717) is 26.2 Å². The monoisotopic (exact) mass is 850 g/mol. The average Bonchev–Trinajstić information content (AvgIpc) is 3.86. The summed E-state index contributed by atoms with van der Waals surface area (Å²) in [5.41, 5.74) is -0.0667. The summed E-state index contributed by atoms with van der Waals surface area (Å²) >= 11 is 0. The number of hydrogen-bond acceptors (Lipinski definition) is 15. The summed E-state index contributed by atoms with van der Waals surface area (Å²) in [5.74, 6) is -6.06. The second kappa shape index (κ2) is 15.6. The summed E-state index contributed by atoms with van der Waals surface area (Å²) < 4.78 is 78.7. The van der Waals surface area contributed by atoms with Crippen molar-refractivity contribution in [2.45, 2.75) is 29.4 Å². The molecule has 0 amide bonds. The predicted molar refractivity (Wildman–Crippen MR) is 208 cm³/mol. The van der Waals surface area contributed by atoms with Crippen LogP contribution in [0.25, 0.3) is 0 Å². The van der Waals surface area contributed by atoms with Gasteiger partial charge in [0, 0.05) is 95.8 Å². The number of ketones is 5. The Bertz CT molecular complexity index is 2640. The standard InChI is InChI=1S/C21H24N2O7S.C19H18N2O6S/c1-21(28-3,29-4)20-19(31(26,27)23-11-9-22(2)10-12-23)15-16(24)13-7-5-6-8-14(13)17(25)18(15)30-20;1-11(22)17-19(28(25,26)21-9-7-20(2)8-10-21)14-15(23)12-5-3-4-6-13(12)16(24)18(14)27-17/h5-8H,9-12H2,1-4H3;3-6H,7-10H2,1-2H3. The Balaban J connectivity index is 0.000000180. The van der Waals surface area contributed by atoms with Crippen molar-refractivity contribution in [3.63, 3.8) is 0 Å². The lowest BCUT2D eigenvalue weighted by molar-refractivity contribution is -0.214. The molecule has 0 spiro atoms. The maximum atomic E-state index is 13.8. The second-order valence-corrected chi connectivity index (χ2v) is 18.4. The molecule has 2 fully saturated rings. The molecule has 4 aromatic rings. The molecular formula is C40H42N4O13S2.